The van der Waals surface area contributed by atoms with Crippen molar-refractivity contribution in [1.82, 2.24) is 0 Å². The number of hydrogen-bond donors (Lipinski definition) is 1. The molecule has 114 valence electrons. The van der Waals surface area contributed by atoms with Gasteiger partial charge in [-0.25, -0.2) is 0 Å². The van der Waals surface area contributed by atoms with Crippen molar-refractivity contribution in [3.8, 4) is 0 Å². The SMILES string of the molecule is COC(C)(C)CCC1CC(C(C)(C)C)CCC1CN. The lowest BCUT2D eigenvalue weighted by Crippen LogP contribution is -2.36. The van der Waals surface area contributed by atoms with Gasteiger partial charge < -0.3 is 10.5 Å². The van der Waals surface area contributed by atoms with Crippen LogP contribution in [0.25, 0.3) is 0 Å². The Kier molecular flexibility index (Phi) is 5.88. The van der Waals surface area contributed by atoms with Gasteiger partial charge in [-0.2, -0.15) is 0 Å². The molecule has 2 N–H and O–H groups in total. The molecule has 3 atom stereocenters. The Morgan fingerprint density at radius 2 is 1.68 bits per heavy atom. The fraction of sp³-hybridized carbons (Fsp3) is 1.00. The molecule has 0 spiro atoms. The molecular weight excluding hydrogens is 234 g/mol. The smallest absolute Gasteiger partial charge is 0.0622 e. The predicted molar refractivity (Wildman–Crippen MR) is 83.2 cm³/mol. The highest BCUT2D eigenvalue weighted by Gasteiger charge is 2.35. The lowest BCUT2D eigenvalue weighted by Gasteiger charge is -2.42. The molecule has 0 bridgehead atoms. The summed E-state index contributed by atoms with van der Waals surface area (Å²) >= 11 is 0. The number of hydrogen-bond acceptors (Lipinski definition) is 2. The Hall–Kier alpha value is -0.0800. The van der Waals surface area contributed by atoms with E-state index in [2.05, 4.69) is 34.6 Å². The molecule has 1 aliphatic rings. The third-order valence-corrected chi connectivity index (χ3v) is 5.34. The number of rotatable bonds is 5. The van der Waals surface area contributed by atoms with E-state index in [0.29, 0.717) is 5.41 Å². The molecule has 1 aliphatic carbocycles. The van der Waals surface area contributed by atoms with E-state index < -0.39 is 0 Å². The van der Waals surface area contributed by atoms with Crippen LogP contribution in [0.1, 0.15) is 66.7 Å². The molecule has 2 heteroatoms. The van der Waals surface area contributed by atoms with Crippen molar-refractivity contribution in [3.05, 3.63) is 0 Å². The summed E-state index contributed by atoms with van der Waals surface area (Å²) in [5.74, 6) is 2.37. The first-order valence-electron chi connectivity index (χ1n) is 7.95. The van der Waals surface area contributed by atoms with Gasteiger partial charge in [0.25, 0.3) is 0 Å². The van der Waals surface area contributed by atoms with Crippen LogP contribution in [0, 0.1) is 23.2 Å². The van der Waals surface area contributed by atoms with Gasteiger partial charge in [0.15, 0.2) is 0 Å². The number of ether oxygens (including phenoxy) is 1. The minimum atomic E-state index is 0.00776. The van der Waals surface area contributed by atoms with Crippen LogP contribution in [-0.2, 0) is 4.74 Å². The third kappa shape index (κ3) is 5.07. The van der Waals surface area contributed by atoms with Gasteiger partial charge in [-0.05, 0) is 75.7 Å². The van der Waals surface area contributed by atoms with E-state index >= 15 is 0 Å². The van der Waals surface area contributed by atoms with E-state index in [-0.39, 0.29) is 5.60 Å². The van der Waals surface area contributed by atoms with Gasteiger partial charge in [-0.1, -0.05) is 20.8 Å². The summed E-state index contributed by atoms with van der Waals surface area (Å²) in [4.78, 5) is 0. The largest absolute Gasteiger partial charge is 0.379 e. The Labute approximate surface area is 120 Å². The van der Waals surface area contributed by atoms with Crippen molar-refractivity contribution in [2.75, 3.05) is 13.7 Å². The van der Waals surface area contributed by atoms with Crippen molar-refractivity contribution in [2.24, 2.45) is 28.9 Å². The van der Waals surface area contributed by atoms with Crippen LogP contribution in [-0.4, -0.2) is 19.3 Å². The molecule has 19 heavy (non-hydrogen) atoms. The van der Waals surface area contributed by atoms with Crippen molar-refractivity contribution >= 4 is 0 Å². The van der Waals surface area contributed by atoms with Crippen molar-refractivity contribution in [2.45, 2.75) is 72.3 Å². The van der Waals surface area contributed by atoms with Gasteiger partial charge in [0, 0.05) is 7.11 Å². The fourth-order valence-electron chi connectivity index (χ4n) is 3.41. The van der Waals surface area contributed by atoms with Crippen LogP contribution >= 0.6 is 0 Å². The minimum absolute atomic E-state index is 0.00776. The van der Waals surface area contributed by atoms with E-state index in [4.69, 9.17) is 10.5 Å². The molecule has 0 aromatic rings. The summed E-state index contributed by atoms with van der Waals surface area (Å²) in [6, 6.07) is 0. The highest BCUT2D eigenvalue weighted by atomic mass is 16.5. The number of nitrogens with two attached hydrogens (primary N) is 1. The minimum Gasteiger partial charge on any atom is -0.379 e. The summed E-state index contributed by atoms with van der Waals surface area (Å²) in [6.45, 7) is 12.4. The van der Waals surface area contributed by atoms with Gasteiger partial charge in [0.05, 0.1) is 5.60 Å². The Morgan fingerprint density at radius 1 is 1.05 bits per heavy atom. The highest BCUT2D eigenvalue weighted by molar-refractivity contribution is 4.87. The molecule has 0 saturated heterocycles. The van der Waals surface area contributed by atoms with Crippen LogP contribution in [0.3, 0.4) is 0 Å². The standard InChI is InChI=1S/C17H35NO/c1-16(2,3)15-8-7-14(12-18)13(11-15)9-10-17(4,5)19-6/h13-15H,7-12,18H2,1-6H3. The zero-order valence-corrected chi connectivity index (χ0v) is 14.0. The van der Waals surface area contributed by atoms with Gasteiger partial charge in [0.2, 0.25) is 0 Å². The average molecular weight is 269 g/mol. The Balaban J connectivity index is 2.60. The summed E-state index contributed by atoms with van der Waals surface area (Å²) in [6.07, 6.45) is 6.42. The maximum absolute atomic E-state index is 5.99. The lowest BCUT2D eigenvalue weighted by molar-refractivity contribution is 0.00168. The van der Waals surface area contributed by atoms with Crippen LogP contribution in [0.4, 0.5) is 0 Å². The molecule has 0 aromatic heterocycles. The predicted octanol–water partition coefficient (Wildman–Crippen LogP) is 4.23. The van der Waals surface area contributed by atoms with Crippen LogP contribution in [0.5, 0.6) is 0 Å². The van der Waals surface area contributed by atoms with Gasteiger partial charge in [-0.15, -0.1) is 0 Å². The first-order valence-corrected chi connectivity index (χ1v) is 7.95. The Bertz CT molecular complexity index is 267. The fourth-order valence-corrected chi connectivity index (χ4v) is 3.41. The summed E-state index contributed by atoms with van der Waals surface area (Å²) < 4.78 is 5.56. The van der Waals surface area contributed by atoms with Gasteiger partial charge in [0.1, 0.15) is 0 Å². The molecule has 2 nitrogen and oxygen atoms in total. The van der Waals surface area contributed by atoms with Crippen molar-refractivity contribution in [3.63, 3.8) is 0 Å². The van der Waals surface area contributed by atoms with E-state index in [9.17, 15) is 0 Å². The van der Waals surface area contributed by atoms with E-state index in [1.165, 1.54) is 25.7 Å². The summed E-state index contributed by atoms with van der Waals surface area (Å²) in [5, 5.41) is 0. The molecule has 1 fully saturated rings. The van der Waals surface area contributed by atoms with Crippen LogP contribution in [0.2, 0.25) is 0 Å². The molecule has 0 aliphatic heterocycles. The zero-order chi connectivity index (χ0) is 14.7. The third-order valence-electron chi connectivity index (χ3n) is 5.34. The second-order valence-electron chi connectivity index (χ2n) is 8.13. The molecule has 1 saturated carbocycles. The maximum Gasteiger partial charge on any atom is 0.0622 e. The van der Waals surface area contributed by atoms with Crippen LogP contribution in [0.15, 0.2) is 0 Å². The Morgan fingerprint density at radius 3 is 2.16 bits per heavy atom. The van der Waals surface area contributed by atoms with E-state index in [1.807, 2.05) is 7.11 Å². The normalized spacial score (nSPS) is 29.5. The second-order valence-corrected chi connectivity index (χ2v) is 8.13. The summed E-state index contributed by atoms with van der Waals surface area (Å²) in [5.41, 5.74) is 6.44. The van der Waals surface area contributed by atoms with Crippen molar-refractivity contribution < 1.29 is 4.74 Å². The monoisotopic (exact) mass is 269 g/mol. The lowest BCUT2D eigenvalue weighted by atomic mass is 9.64. The van der Waals surface area contributed by atoms with Gasteiger partial charge >= 0.3 is 0 Å². The zero-order valence-electron chi connectivity index (χ0n) is 14.0. The number of methoxy groups -OCH3 is 1. The van der Waals surface area contributed by atoms with E-state index in [1.54, 1.807) is 0 Å². The molecule has 0 radical (unpaired) electrons. The highest BCUT2D eigenvalue weighted by Crippen LogP contribution is 2.44. The summed E-state index contributed by atoms with van der Waals surface area (Å²) in [7, 11) is 1.82. The van der Waals surface area contributed by atoms with Crippen LogP contribution < -0.4 is 5.73 Å². The van der Waals surface area contributed by atoms with Crippen molar-refractivity contribution in [1.29, 1.82) is 0 Å². The molecule has 1 rings (SSSR count). The average Bonchev–Trinajstić information content (AvgIpc) is 2.35. The van der Waals surface area contributed by atoms with E-state index in [0.717, 1.165) is 30.7 Å². The maximum atomic E-state index is 5.99. The topological polar surface area (TPSA) is 35.2 Å². The molecule has 0 heterocycles. The van der Waals surface area contributed by atoms with Gasteiger partial charge in [-0.3, -0.25) is 0 Å². The quantitative estimate of drug-likeness (QED) is 0.810. The first-order chi connectivity index (χ1) is 8.69. The second kappa shape index (κ2) is 6.58. The molecule has 3 unspecified atom stereocenters. The first kappa shape index (κ1) is 17.0. The molecule has 0 amide bonds. The molecule has 0 aromatic carbocycles. The molecular formula is C17H35NO.